The van der Waals surface area contributed by atoms with Gasteiger partial charge in [0.25, 0.3) is 0 Å². The molecule has 0 bridgehead atoms. The third-order valence-corrected chi connectivity index (χ3v) is 5.71. The zero-order valence-corrected chi connectivity index (χ0v) is 18.7. The van der Waals surface area contributed by atoms with Crippen molar-refractivity contribution in [2.45, 2.75) is 25.7 Å². The maximum atomic E-state index is 13.1. The number of methoxy groups -OCH3 is 3. The summed E-state index contributed by atoms with van der Waals surface area (Å²) in [7, 11) is 4.53. The number of esters is 1. The number of halogens is 1. The van der Waals surface area contributed by atoms with E-state index in [2.05, 4.69) is 5.32 Å². The van der Waals surface area contributed by atoms with Crippen molar-refractivity contribution in [1.82, 2.24) is 5.32 Å². The highest BCUT2D eigenvalue weighted by Gasteiger charge is 2.67. The van der Waals surface area contributed by atoms with Gasteiger partial charge in [0.05, 0.1) is 27.9 Å². The Morgan fingerprint density at radius 2 is 1.69 bits per heavy atom. The maximum absolute atomic E-state index is 13.1. The van der Waals surface area contributed by atoms with E-state index in [0.29, 0.717) is 36.6 Å². The Morgan fingerprint density at radius 3 is 2.22 bits per heavy atom. The van der Waals surface area contributed by atoms with Crippen LogP contribution in [0.1, 0.15) is 30.4 Å². The van der Waals surface area contributed by atoms with Crippen molar-refractivity contribution in [3.63, 3.8) is 0 Å². The minimum Gasteiger partial charge on any atom is -0.493 e. The summed E-state index contributed by atoms with van der Waals surface area (Å²) in [5, 5.41) is 2.85. The second kappa shape index (κ2) is 9.89. The van der Waals surface area contributed by atoms with Gasteiger partial charge < -0.3 is 24.3 Å². The monoisotopic (exact) mass is 445 g/mol. The minimum atomic E-state index is -1.32. The number of carbonyl (C=O) groups excluding carboxylic acids is 2. The van der Waals surface area contributed by atoms with Gasteiger partial charge in [-0.1, -0.05) is 12.1 Å². The van der Waals surface area contributed by atoms with Gasteiger partial charge in [-0.05, 0) is 55.2 Å². The molecule has 1 saturated carbocycles. The van der Waals surface area contributed by atoms with Crippen LogP contribution in [0.2, 0.25) is 0 Å². The summed E-state index contributed by atoms with van der Waals surface area (Å²) in [6, 6.07) is 9.58. The summed E-state index contributed by atoms with van der Waals surface area (Å²) >= 11 is 0. The fraction of sp³-hybridized carbons (Fsp3) is 0.417. The molecule has 0 aromatic heterocycles. The molecule has 1 aliphatic rings. The maximum Gasteiger partial charge on any atom is 0.322 e. The van der Waals surface area contributed by atoms with Crippen molar-refractivity contribution in [3.8, 4) is 17.2 Å². The third kappa shape index (κ3) is 4.49. The Morgan fingerprint density at radius 1 is 1.06 bits per heavy atom. The van der Waals surface area contributed by atoms with Crippen molar-refractivity contribution < 1.29 is 32.9 Å². The summed E-state index contributed by atoms with van der Waals surface area (Å²) < 4.78 is 34.5. The predicted molar refractivity (Wildman–Crippen MR) is 116 cm³/mol. The number of carbonyl (C=O) groups is 2. The Bertz CT molecular complexity index is 952. The average molecular weight is 445 g/mol. The lowest BCUT2D eigenvalue weighted by Gasteiger charge is -2.18. The predicted octanol–water partition coefficient (Wildman–Crippen LogP) is 3.25. The van der Waals surface area contributed by atoms with Crippen molar-refractivity contribution in [2.75, 3.05) is 34.5 Å². The van der Waals surface area contributed by atoms with Gasteiger partial charge in [0, 0.05) is 12.5 Å². The smallest absolute Gasteiger partial charge is 0.322 e. The van der Waals surface area contributed by atoms with E-state index in [1.807, 2.05) is 0 Å². The Labute approximate surface area is 186 Å². The summed E-state index contributed by atoms with van der Waals surface area (Å²) in [5.41, 5.74) is 0.291. The molecule has 2 aromatic rings. The van der Waals surface area contributed by atoms with Crippen LogP contribution in [0.4, 0.5) is 4.39 Å². The van der Waals surface area contributed by atoms with Crippen molar-refractivity contribution in [3.05, 3.63) is 53.3 Å². The molecule has 3 rings (SSSR count). The normalized spacial score (nSPS) is 19.1. The summed E-state index contributed by atoms with van der Waals surface area (Å²) in [6.07, 6.45) is 0.826. The van der Waals surface area contributed by atoms with Crippen LogP contribution in [0, 0.1) is 11.2 Å². The Kier molecular flexibility index (Phi) is 7.22. The molecular formula is C24H28FNO6. The number of hydrogen-bond acceptors (Lipinski definition) is 6. The van der Waals surface area contributed by atoms with Crippen LogP contribution in [0.3, 0.4) is 0 Å². The lowest BCUT2D eigenvalue weighted by atomic mass is 9.97. The van der Waals surface area contributed by atoms with Crippen molar-refractivity contribution in [2.24, 2.45) is 5.41 Å². The first kappa shape index (κ1) is 23.4. The number of hydrogen-bond donors (Lipinski definition) is 1. The van der Waals surface area contributed by atoms with Gasteiger partial charge in [0.2, 0.25) is 11.7 Å². The highest BCUT2D eigenvalue weighted by Crippen LogP contribution is 2.61. The number of benzene rings is 2. The first-order valence-corrected chi connectivity index (χ1v) is 10.4. The molecular weight excluding hydrogens is 417 g/mol. The number of nitrogens with one attached hydrogen (secondary N) is 1. The fourth-order valence-corrected chi connectivity index (χ4v) is 3.93. The van der Waals surface area contributed by atoms with E-state index in [4.69, 9.17) is 18.9 Å². The van der Waals surface area contributed by atoms with Crippen LogP contribution in [-0.4, -0.2) is 46.4 Å². The SMILES string of the molecule is CCOC(=O)[C@]1(C(=O)NCCc2ccc(F)cc2)C[C@H]1c1cc(OC)c(OC)c(OC)c1. The lowest BCUT2D eigenvalue weighted by Crippen LogP contribution is -2.40. The molecule has 0 unspecified atom stereocenters. The topological polar surface area (TPSA) is 83.1 Å². The van der Waals surface area contributed by atoms with Gasteiger partial charge in [-0.25, -0.2) is 4.39 Å². The van der Waals surface area contributed by atoms with Crippen LogP contribution in [0.5, 0.6) is 17.2 Å². The quantitative estimate of drug-likeness (QED) is 0.447. The summed E-state index contributed by atoms with van der Waals surface area (Å²) in [5.74, 6) is -0.322. The first-order valence-electron chi connectivity index (χ1n) is 10.4. The van der Waals surface area contributed by atoms with Gasteiger partial charge in [-0.15, -0.1) is 0 Å². The second-order valence-electron chi connectivity index (χ2n) is 7.54. The van der Waals surface area contributed by atoms with Gasteiger partial charge in [-0.3, -0.25) is 9.59 Å². The largest absolute Gasteiger partial charge is 0.493 e. The molecule has 1 amide bonds. The zero-order chi connectivity index (χ0) is 23.3. The number of ether oxygens (including phenoxy) is 4. The molecule has 0 heterocycles. The van der Waals surface area contributed by atoms with E-state index in [-0.39, 0.29) is 18.3 Å². The molecule has 0 radical (unpaired) electrons. The average Bonchev–Trinajstić information content (AvgIpc) is 3.56. The molecule has 1 fully saturated rings. The summed E-state index contributed by atoms with van der Waals surface area (Å²) in [6.45, 7) is 2.19. The third-order valence-electron chi connectivity index (χ3n) is 5.71. The van der Waals surface area contributed by atoms with E-state index in [1.165, 1.54) is 33.5 Å². The highest BCUT2D eigenvalue weighted by molar-refractivity contribution is 6.07. The van der Waals surface area contributed by atoms with Crippen LogP contribution in [-0.2, 0) is 20.7 Å². The van der Waals surface area contributed by atoms with Crippen LogP contribution in [0.25, 0.3) is 0 Å². The Balaban J connectivity index is 1.81. The molecule has 1 aliphatic carbocycles. The van der Waals surface area contributed by atoms with Gasteiger partial charge in [0.15, 0.2) is 16.9 Å². The highest BCUT2D eigenvalue weighted by atomic mass is 19.1. The molecule has 0 aliphatic heterocycles. The first-order chi connectivity index (χ1) is 15.4. The molecule has 2 aromatic carbocycles. The van der Waals surface area contributed by atoms with E-state index < -0.39 is 17.3 Å². The van der Waals surface area contributed by atoms with Gasteiger partial charge >= 0.3 is 5.97 Å². The van der Waals surface area contributed by atoms with Gasteiger partial charge in [-0.2, -0.15) is 0 Å². The molecule has 32 heavy (non-hydrogen) atoms. The minimum absolute atomic E-state index is 0.172. The second-order valence-corrected chi connectivity index (χ2v) is 7.54. The molecule has 172 valence electrons. The van der Waals surface area contributed by atoms with E-state index in [1.54, 1.807) is 31.2 Å². The van der Waals surface area contributed by atoms with Crippen LogP contribution >= 0.6 is 0 Å². The van der Waals surface area contributed by atoms with Crippen molar-refractivity contribution >= 4 is 11.9 Å². The van der Waals surface area contributed by atoms with Crippen molar-refractivity contribution in [1.29, 1.82) is 0 Å². The molecule has 1 N–H and O–H groups in total. The van der Waals surface area contributed by atoms with Gasteiger partial charge in [0.1, 0.15) is 5.82 Å². The zero-order valence-electron chi connectivity index (χ0n) is 18.7. The standard InChI is InChI=1S/C24H28FNO6/c1-5-32-23(28)24(22(27)26-11-10-15-6-8-17(25)9-7-15)14-18(24)16-12-19(29-2)21(31-4)20(13-16)30-3/h6-9,12-13,18H,5,10-11,14H2,1-4H3,(H,26,27)/t18-,24+/m0/s1. The lowest BCUT2D eigenvalue weighted by molar-refractivity contribution is -0.154. The van der Waals surface area contributed by atoms with E-state index in [9.17, 15) is 14.0 Å². The number of rotatable bonds is 10. The molecule has 2 atom stereocenters. The van der Waals surface area contributed by atoms with Crippen LogP contribution in [0.15, 0.2) is 36.4 Å². The molecule has 8 heteroatoms. The van der Waals surface area contributed by atoms with E-state index >= 15 is 0 Å². The molecule has 0 spiro atoms. The number of amides is 1. The van der Waals surface area contributed by atoms with Crippen LogP contribution < -0.4 is 19.5 Å². The summed E-state index contributed by atoms with van der Waals surface area (Å²) in [4.78, 5) is 26.0. The molecule has 0 saturated heterocycles. The van der Waals surface area contributed by atoms with E-state index in [0.717, 1.165) is 11.1 Å². The molecule has 7 nitrogen and oxygen atoms in total. The fourth-order valence-electron chi connectivity index (χ4n) is 3.93. The Hall–Kier alpha value is -3.29.